The lowest BCUT2D eigenvalue weighted by molar-refractivity contribution is -0.146. The average Bonchev–Trinajstić information content (AvgIpc) is 3.12. The second-order valence-corrected chi connectivity index (χ2v) is 4.09. The number of rotatable bonds is 6. The molecule has 1 N–H and O–H groups in total. The van der Waals surface area contributed by atoms with Crippen molar-refractivity contribution in [3.8, 4) is 11.5 Å². The number of carboxylic acid groups (broad SMARTS) is 1. The van der Waals surface area contributed by atoms with E-state index in [1.165, 1.54) is 0 Å². The van der Waals surface area contributed by atoms with Crippen LogP contribution < -0.4 is 9.47 Å². The molecular formula is C13H16O4. The molecule has 0 saturated heterocycles. The van der Waals surface area contributed by atoms with Crippen LogP contribution in [0.15, 0.2) is 24.3 Å². The highest BCUT2D eigenvalue weighted by atomic mass is 16.5. The second kappa shape index (κ2) is 5.08. The Morgan fingerprint density at radius 3 is 2.59 bits per heavy atom. The zero-order valence-corrected chi connectivity index (χ0v) is 9.76. The second-order valence-electron chi connectivity index (χ2n) is 4.09. The van der Waals surface area contributed by atoms with Crippen LogP contribution in [0.1, 0.15) is 19.8 Å². The molecule has 92 valence electrons. The first-order chi connectivity index (χ1) is 8.22. The lowest BCUT2D eigenvalue weighted by Gasteiger charge is -2.16. The number of benzene rings is 1. The van der Waals surface area contributed by atoms with Crippen molar-refractivity contribution in [2.24, 2.45) is 5.92 Å². The number of hydrogen-bond acceptors (Lipinski definition) is 3. The van der Waals surface area contributed by atoms with E-state index < -0.39 is 12.1 Å². The summed E-state index contributed by atoms with van der Waals surface area (Å²) in [6, 6.07) is 7.17. The first kappa shape index (κ1) is 11.8. The molecule has 0 spiro atoms. The Bertz CT molecular complexity index is 398. The standard InChI is InChI=1S/C13H16O4/c1-2-16-10-5-3-4-6-11(10)17-12(13(14)15)9-7-8-9/h3-6,9,12H,2,7-8H2,1H3,(H,14,15). The fraction of sp³-hybridized carbons (Fsp3) is 0.462. The van der Waals surface area contributed by atoms with Crippen molar-refractivity contribution in [1.82, 2.24) is 0 Å². The van der Waals surface area contributed by atoms with Gasteiger partial charge in [-0.25, -0.2) is 4.79 Å². The van der Waals surface area contributed by atoms with Gasteiger partial charge in [0, 0.05) is 5.92 Å². The Labute approximate surface area is 100 Å². The molecular weight excluding hydrogens is 220 g/mol. The molecule has 4 nitrogen and oxygen atoms in total. The molecule has 1 saturated carbocycles. The van der Waals surface area contributed by atoms with E-state index in [-0.39, 0.29) is 5.92 Å². The van der Waals surface area contributed by atoms with Gasteiger partial charge in [-0.2, -0.15) is 0 Å². The highest BCUT2D eigenvalue weighted by Crippen LogP contribution is 2.37. The maximum absolute atomic E-state index is 11.1. The fourth-order valence-electron chi connectivity index (χ4n) is 1.71. The third kappa shape index (κ3) is 2.90. The zero-order chi connectivity index (χ0) is 12.3. The van der Waals surface area contributed by atoms with Crippen molar-refractivity contribution >= 4 is 5.97 Å². The van der Waals surface area contributed by atoms with Crippen molar-refractivity contribution in [3.63, 3.8) is 0 Å². The molecule has 1 aromatic rings. The molecule has 0 amide bonds. The zero-order valence-electron chi connectivity index (χ0n) is 9.76. The number of para-hydroxylation sites is 2. The smallest absolute Gasteiger partial charge is 0.345 e. The minimum absolute atomic E-state index is 0.141. The molecule has 1 aliphatic rings. The van der Waals surface area contributed by atoms with Crippen LogP contribution in [0, 0.1) is 5.92 Å². The van der Waals surface area contributed by atoms with Crippen LogP contribution in [0.5, 0.6) is 11.5 Å². The number of ether oxygens (including phenoxy) is 2. The van der Waals surface area contributed by atoms with Crippen LogP contribution in [-0.4, -0.2) is 23.8 Å². The van der Waals surface area contributed by atoms with E-state index in [0.717, 1.165) is 12.8 Å². The van der Waals surface area contributed by atoms with Gasteiger partial charge in [-0.1, -0.05) is 12.1 Å². The average molecular weight is 236 g/mol. The summed E-state index contributed by atoms with van der Waals surface area (Å²) in [5, 5.41) is 9.10. The largest absolute Gasteiger partial charge is 0.490 e. The van der Waals surface area contributed by atoms with Crippen LogP contribution in [0.25, 0.3) is 0 Å². The van der Waals surface area contributed by atoms with E-state index in [2.05, 4.69) is 0 Å². The highest BCUT2D eigenvalue weighted by Gasteiger charge is 2.38. The molecule has 0 radical (unpaired) electrons. The van der Waals surface area contributed by atoms with Gasteiger partial charge in [0.2, 0.25) is 0 Å². The van der Waals surface area contributed by atoms with Crippen molar-refractivity contribution in [3.05, 3.63) is 24.3 Å². The summed E-state index contributed by atoms with van der Waals surface area (Å²) in [4.78, 5) is 11.1. The first-order valence-electron chi connectivity index (χ1n) is 5.83. The molecule has 17 heavy (non-hydrogen) atoms. The summed E-state index contributed by atoms with van der Waals surface area (Å²) in [5.41, 5.74) is 0. The molecule has 1 unspecified atom stereocenters. The quantitative estimate of drug-likeness (QED) is 0.823. The van der Waals surface area contributed by atoms with Crippen molar-refractivity contribution in [2.45, 2.75) is 25.9 Å². The van der Waals surface area contributed by atoms with E-state index in [4.69, 9.17) is 14.6 Å². The van der Waals surface area contributed by atoms with Crippen LogP contribution >= 0.6 is 0 Å². The van der Waals surface area contributed by atoms with Gasteiger partial charge in [-0.3, -0.25) is 0 Å². The maximum atomic E-state index is 11.1. The molecule has 4 heteroatoms. The summed E-state index contributed by atoms with van der Waals surface area (Å²) >= 11 is 0. The molecule has 1 atom stereocenters. The minimum Gasteiger partial charge on any atom is -0.490 e. The SMILES string of the molecule is CCOc1ccccc1OC(C(=O)O)C1CC1. The van der Waals surface area contributed by atoms with Gasteiger partial charge >= 0.3 is 5.97 Å². The van der Waals surface area contributed by atoms with Gasteiger partial charge in [0.05, 0.1) is 6.61 Å². The van der Waals surface area contributed by atoms with Crippen LogP contribution in [0.2, 0.25) is 0 Å². The van der Waals surface area contributed by atoms with Crippen molar-refractivity contribution < 1.29 is 19.4 Å². The third-order valence-corrected chi connectivity index (χ3v) is 2.70. The molecule has 0 aliphatic heterocycles. The van der Waals surface area contributed by atoms with Crippen LogP contribution in [-0.2, 0) is 4.79 Å². The molecule has 0 aromatic heterocycles. The fourth-order valence-corrected chi connectivity index (χ4v) is 1.71. The number of carbonyl (C=O) groups is 1. The van der Waals surface area contributed by atoms with Crippen LogP contribution in [0.3, 0.4) is 0 Å². The maximum Gasteiger partial charge on any atom is 0.345 e. The molecule has 0 heterocycles. The van der Waals surface area contributed by atoms with Crippen LogP contribution in [0.4, 0.5) is 0 Å². The Hall–Kier alpha value is -1.71. The Kier molecular flexibility index (Phi) is 3.52. The third-order valence-electron chi connectivity index (χ3n) is 2.70. The van der Waals surface area contributed by atoms with E-state index in [1.54, 1.807) is 12.1 Å². The molecule has 1 fully saturated rings. The predicted octanol–water partition coefficient (Wildman–Crippen LogP) is 2.33. The van der Waals surface area contributed by atoms with Gasteiger partial charge in [0.15, 0.2) is 17.6 Å². The van der Waals surface area contributed by atoms with Gasteiger partial charge in [0.1, 0.15) is 0 Å². The van der Waals surface area contributed by atoms with E-state index in [1.807, 2.05) is 19.1 Å². The molecule has 1 aromatic carbocycles. The van der Waals surface area contributed by atoms with E-state index in [9.17, 15) is 4.79 Å². The summed E-state index contributed by atoms with van der Waals surface area (Å²) in [6.45, 7) is 2.41. The summed E-state index contributed by atoms with van der Waals surface area (Å²) < 4.78 is 11.0. The number of hydrogen-bond donors (Lipinski definition) is 1. The Morgan fingerprint density at radius 1 is 1.41 bits per heavy atom. The lowest BCUT2D eigenvalue weighted by atomic mass is 10.2. The minimum atomic E-state index is -0.904. The number of carboxylic acids is 1. The predicted molar refractivity (Wildman–Crippen MR) is 62.4 cm³/mol. The Balaban J connectivity index is 2.13. The number of aliphatic carboxylic acids is 1. The Morgan fingerprint density at radius 2 is 2.06 bits per heavy atom. The topological polar surface area (TPSA) is 55.8 Å². The van der Waals surface area contributed by atoms with E-state index in [0.29, 0.717) is 18.1 Å². The van der Waals surface area contributed by atoms with Crippen molar-refractivity contribution in [2.75, 3.05) is 6.61 Å². The van der Waals surface area contributed by atoms with Gasteiger partial charge in [0.25, 0.3) is 0 Å². The van der Waals surface area contributed by atoms with Gasteiger partial charge in [-0.15, -0.1) is 0 Å². The molecule has 0 bridgehead atoms. The summed E-state index contributed by atoms with van der Waals surface area (Å²) in [7, 11) is 0. The highest BCUT2D eigenvalue weighted by molar-refractivity contribution is 5.73. The van der Waals surface area contributed by atoms with E-state index >= 15 is 0 Å². The first-order valence-corrected chi connectivity index (χ1v) is 5.83. The summed E-state index contributed by atoms with van der Waals surface area (Å²) in [6.07, 6.45) is 1.10. The lowest BCUT2D eigenvalue weighted by Crippen LogP contribution is -2.29. The van der Waals surface area contributed by atoms with Gasteiger partial charge in [-0.05, 0) is 31.9 Å². The molecule has 2 rings (SSSR count). The van der Waals surface area contributed by atoms with Gasteiger partial charge < -0.3 is 14.6 Å². The van der Waals surface area contributed by atoms with Crippen molar-refractivity contribution in [1.29, 1.82) is 0 Å². The monoisotopic (exact) mass is 236 g/mol. The molecule has 1 aliphatic carbocycles. The summed E-state index contributed by atoms with van der Waals surface area (Å²) in [5.74, 6) is 0.344. The normalized spacial score (nSPS) is 16.3.